The Morgan fingerprint density at radius 2 is 2.17 bits per heavy atom. The zero-order chi connectivity index (χ0) is 17.1. The van der Waals surface area contributed by atoms with Gasteiger partial charge in [0.2, 0.25) is 11.1 Å². The van der Waals surface area contributed by atoms with Crippen LogP contribution in [-0.4, -0.2) is 36.4 Å². The molecule has 3 aromatic rings. The predicted molar refractivity (Wildman–Crippen MR) is 93.8 cm³/mol. The SMILES string of the molecule is CCn1c([C@H](C)NC(=O)CSc2n[nH]c(C)n2)nc2ccccc21. The van der Waals surface area contributed by atoms with E-state index in [-0.39, 0.29) is 17.7 Å². The van der Waals surface area contributed by atoms with Gasteiger partial charge in [-0.15, -0.1) is 5.10 Å². The third-order valence-corrected chi connectivity index (χ3v) is 4.52. The second kappa shape index (κ2) is 7.04. The van der Waals surface area contributed by atoms with Gasteiger partial charge in [-0.2, -0.15) is 0 Å². The van der Waals surface area contributed by atoms with Crippen molar-refractivity contribution in [2.24, 2.45) is 0 Å². The number of fused-ring (bicyclic) bond motifs is 1. The van der Waals surface area contributed by atoms with E-state index in [0.717, 1.165) is 29.2 Å². The zero-order valence-electron chi connectivity index (χ0n) is 13.9. The molecule has 0 aliphatic heterocycles. The van der Waals surface area contributed by atoms with E-state index in [2.05, 4.69) is 37.0 Å². The number of H-pyrrole nitrogens is 1. The lowest BCUT2D eigenvalue weighted by molar-refractivity contribution is -0.119. The molecule has 0 saturated heterocycles. The zero-order valence-corrected chi connectivity index (χ0v) is 14.7. The highest BCUT2D eigenvalue weighted by atomic mass is 32.2. The van der Waals surface area contributed by atoms with Crippen LogP contribution < -0.4 is 5.32 Å². The highest BCUT2D eigenvalue weighted by Gasteiger charge is 2.18. The number of aryl methyl sites for hydroxylation is 2. The summed E-state index contributed by atoms with van der Waals surface area (Å²) < 4.78 is 2.13. The molecule has 1 aromatic carbocycles. The molecule has 1 amide bonds. The summed E-state index contributed by atoms with van der Waals surface area (Å²) in [5.41, 5.74) is 2.03. The Bertz CT molecular complexity index is 855. The van der Waals surface area contributed by atoms with Crippen molar-refractivity contribution in [1.82, 2.24) is 30.0 Å². The van der Waals surface area contributed by atoms with E-state index in [0.29, 0.717) is 5.16 Å². The molecule has 0 saturated carbocycles. The summed E-state index contributed by atoms with van der Waals surface area (Å²) in [6.07, 6.45) is 0. The molecular formula is C16H20N6OS. The number of carbonyl (C=O) groups is 1. The molecule has 0 fully saturated rings. The van der Waals surface area contributed by atoms with Gasteiger partial charge in [0.25, 0.3) is 0 Å². The van der Waals surface area contributed by atoms with Crippen LogP contribution in [0.15, 0.2) is 29.4 Å². The van der Waals surface area contributed by atoms with Gasteiger partial charge in [-0.05, 0) is 32.9 Å². The second-order valence-electron chi connectivity index (χ2n) is 5.48. The Morgan fingerprint density at radius 1 is 1.38 bits per heavy atom. The first-order valence-corrected chi connectivity index (χ1v) is 8.83. The standard InChI is InChI=1S/C16H20N6OS/c1-4-22-13-8-6-5-7-12(13)19-15(22)10(2)17-14(23)9-24-16-18-11(3)20-21-16/h5-8,10H,4,9H2,1-3H3,(H,17,23)(H,18,20,21)/t10-/m0/s1. The third-order valence-electron chi connectivity index (χ3n) is 3.67. The van der Waals surface area contributed by atoms with Crippen molar-refractivity contribution in [2.45, 2.75) is 38.5 Å². The lowest BCUT2D eigenvalue weighted by Crippen LogP contribution is -2.30. The fourth-order valence-electron chi connectivity index (χ4n) is 2.62. The molecule has 3 rings (SSSR count). The van der Waals surface area contributed by atoms with Crippen LogP contribution in [0.1, 0.15) is 31.5 Å². The highest BCUT2D eigenvalue weighted by Crippen LogP contribution is 2.21. The Balaban J connectivity index is 1.68. The lowest BCUT2D eigenvalue weighted by atomic mass is 10.3. The number of benzene rings is 1. The largest absolute Gasteiger partial charge is 0.346 e. The average molecular weight is 344 g/mol. The molecule has 2 aromatic heterocycles. The normalized spacial score (nSPS) is 12.5. The number of hydrogen-bond acceptors (Lipinski definition) is 5. The van der Waals surface area contributed by atoms with Crippen LogP contribution >= 0.6 is 11.8 Å². The molecule has 0 aliphatic carbocycles. The highest BCUT2D eigenvalue weighted by molar-refractivity contribution is 7.99. The summed E-state index contributed by atoms with van der Waals surface area (Å²) in [6.45, 7) is 6.66. The summed E-state index contributed by atoms with van der Waals surface area (Å²) >= 11 is 1.31. The van der Waals surface area contributed by atoms with Crippen LogP contribution in [0.25, 0.3) is 11.0 Å². The molecule has 0 bridgehead atoms. The number of amides is 1. The molecule has 8 heteroatoms. The van der Waals surface area contributed by atoms with Crippen molar-refractivity contribution in [3.05, 3.63) is 35.9 Å². The summed E-state index contributed by atoms with van der Waals surface area (Å²) in [5.74, 6) is 1.81. The molecule has 0 spiro atoms. The van der Waals surface area contributed by atoms with Crippen LogP contribution in [0.4, 0.5) is 0 Å². The van der Waals surface area contributed by atoms with Crippen molar-refractivity contribution < 1.29 is 4.79 Å². The topological polar surface area (TPSA) is 88.5 Å². The maximum Gasteiger partial charge on any atom is 0.231 e. The van der Waals surface area contributed by atoms with E-state index in [4.69, 9.17) is 0 Å². The summed E-state index contributed by atoms with van der Waals surface area (Å²) in [5, 5.41) is 10.4. The van der Waals surface area contributed by atoms with E-state index in [1.807, 2.05) is 38.1 Å². The lowest BCUT2D eigenvalue weighted by Gasteiger charge is -2.15. The number of imidazole rings is 1. The van der Waals surface area contributed by atoms with Crippen LogP contribution in [-0.2, 0) is 11.3 Å². The molecule has 126 valence electrons. The first-order valence-electron chi connectivity index (χ1n) is 7.84. The minimum Gasteiger partial charge on any atom is -0.346 e. The number of hydrogen-bond donors (Lipinski definition) is 2. The molecule has 0 unspecified atom stereocenters. The molecule has 24 heavy (non-hydrogen) atoms. The van der Waals surface area contributed by atoms with Gasteiger partial charge in [-0.25, -0.2) is 9.97 Å². The smallest absolute Gasteiger partial charge is 0.231 e. The number of rotatable bonds is 6. The minimum absolute atomic E-state index is 0.0651. The molecule has 0 aliphatic rings. The van der Waals surface area contributed by atoms with Crippen LogP contribution in [0.3, 0.4) is 0 Å². The summed E-state index contributed by atoms with van der Waals surface area (Å²) in [7, 11) is 0. The van der Waals surface area contributed by atoms with Gasteiger partial charge < -0.3 is 9.88 Å². The van der Waals surface area contributed by atoms with Gasteiger partial charge >= 0.3 is 0 Å². The number of aromatic amines is 1. The maximum atomic E-state index is 12.2. The average Bonchev–Trinajstić information content (AvgIpc) is 3.16. The molecular weight excluding hydrogens is 324 g/mol. The third kappa shape index (κ3) is 3.43. The van der Waals surface area contributed by atoms with Crippen molar-refractivity contribution in [2.75, 3.05) is 5.75 Å². The van der Waals surface area contributed by atoms with E-state index in [1.54, 1.807) is 0 Å². The van der Waals surface area contributed by atoms with Crippen LogP contribution in [0.2, 0.25) is 0 Å². The van der Waals surface area contributed by atoms with Gasteiger partial charge in [-0.1, -0.05) is 23.9 Å². The quantitative estimate of drug-likeness (QED) is 0.671. The van der Waals surface area contributed by atoms with Crippen molar-refractivity contribution in [3.63, 3.8) is 0 Å². The van der Waals surface area contributed by atoms with Crippen molar-refractivity contribution in [3.8, 4) is 0 Å². The summed E-state index contributed by atoms with van der Waals surface area (Å²) in [4.78, 5) is 21.0. The Labute approximate surface area is 144 Å². The van der Waals surface area contributed by atoms with E-state index < -0.39 is 0 Å². The number of carbonyl (C=O) groups excluding carboxylic acids is 1. The first-order chi connectivity index (χ1) is 11.6. The minimum atomic E-state index is -0.167. The molecule has 2 N–H and O–H groups in total. The summed E-state index contributed by atoms with van der Waals surface area (Å²) in [6, 6.07) is 7.84. The first kappa shape index (κ1) is 16.5. The van der Waals surface area contributed by atoms with Gasteiger partial charge in [0, 0.05) is 6.54 Å². The van der Waals surface area contributed by atoms with E-state index in [9.17, 15) is 4.79 Å². The number of nitrogens with one attached hydrogen (secondary N) is 2. The molecule has 1 atom stereocenters. The Morgan fingerprint density at radius 3 is 2.88 bits per heavy atom. The second-order valence-corrected chi connectivity index (χ2v) is 6.43. The number of nitrogens with zero attached hydrogens (tertiary/aromatic N) is 4. The number of thioether (sulfide) groups is 1. The van der Waals surface area contributed by atoms with Crippen molar-refractivity contribution >= 4 is 28.7 Å². The van der Waals surface area contributed by atoms with Gasteiger partial charge in [-0.3, -0.25) is 9.89 Å². The maximum absolute atomic E-state index is 12.2. The van der Waals surface area contributed by atoms with Gasteiger partial charge in [0.15, 0.2) is 0 Å². The number of para-hydroxylation sites is 2. The van der Waals surface area contributed by atoms with Crippen molar-refractivity contribution in [1.29, 1.82) is 0 Å². The Kier molecular flexibility index (Phi) is 4.84. The Hall–Kier alpha value is -2.35. The monoisotopic (exact) mass is 344 g/mol. The van der Waals surface area contributed by atoms with Crippen LogP contribution in [0, 0.1) is 6.92 Å². The number of aromatic nitrogens is 5. The fraction of sp³-hybridized carbons (Fsp3) is 0.375. The van der Waals surface area contributed by atoms with Crippen LogP contribution in [0.5, 0.6) is 0 Å². The predicted octanol–water partition coefficient (Wildman–Crippen LogP) is 2.45. The van der Waals surface area contributed by atoms with E-state index in [1.165, 1.54) is 11.8 Å². The van der Waals surface area contributed by atoms with Gasteiger partial charge in [0.05, 0.1) is 22.8 Å². The van der Waals surface area contributed by atoms with Gasteiger partial charge in [0.1, 0.15) is 11.6 Å². The van der Waals surface area contributed by atoms with E-state index >= 15 is 0 Å². The molecule has 7 nitrogen and oxygen atoms in total. The molecule has 0 radical (unpaired) electrons. The molecule has 2 heterocycles. The fourth-order valence-corrected chi connectivity index (χ4v) is 3.28.